The predicted octanol–water partition coefficient (Wildman–Crippen LogP) is 1.44. The number of aryl methyl sites for hydroxylation is 3. The maximum Gasteiger partial charge on any atom is 0.334 e. The summed E-state index contributed by atoms with van der Waals surface area (Å²) >= 11 is 0. The van der Waals surface area contributed by atoms with E-state index in [9.17, 15) is 9.59 Å². The highest BCUT2D eigenvalue weighted by molar-refractivity contribution is 5.97. The molecule has 5 nitrogen and oxygen atoms in total. The van der Waals surface area contributed by atoms with E-state index < -0.39 is 12.1 Å². The van der Waals surface area contributed by atoms with Crippen LogP contribution in [0.25, 0.3) is 0 Å². The van der Waals surface area contributed by atoms with E-state index in [-0.39, 0.29) is 12.5 Å². The Morgan fingerprint density at radius 3 is 2.21 bits per heavy atom. The summed E-state index contributed by atoms with van der Waals surface area (Å²) in [5.74, 6) is -1.38. The summed E-state index contributed by atoms with van der Waals surface area (Å²) < 4.78 is 4.76. The van der Waals surface area contributed by atoms with Gasteiger partial charge in [0.05, 0.1) is 6.54 Å². The van der Waals surface area contributed by atoms with Crippen molar-refractivity contribution in [3.05, 3.63) is 34.4 Å². The van der Waals surface area contributed by atoms with Crippen LogP contribution in [0.3, 0.4) is 0 Å². The molecule has 0 saturated heterocycles. The Morgan fingerprint density at radius 2 is 1.79 bits per heavy atom. The molecule has 1 unspecified atom stereocenters. The van der Waals surface area contributed by atoms with Gasteiger partial charge in [0, 0.05) is 12.7 Å². The Bertz CT molecular complexity index is 473. The molecule has 0 heterocycles. The quantitative estimate of drug-likeness (QED) is 0.844. The number of aliphatic carboxylic acids is 1. The molecule has 0 bridgehead atoms. The van der Waals surface area contributed by atoms with Gasteiger partial charge in [0.15, 0.2) is 6.10 Å². The maximum atomic E-state index is 12.1. The van der Waals surface area contributed by atoms with Crippen molar-refractivity contribution in [1.82, 2.24) is 5.32 Å². The highest BCUT2D eigenvalue weighted by atomic mass is 16.5. The number of carboxylic acid groups (broad SMARTS) is 1. The average Bonchev–Trinajstić information content (AvgIpc) is 2.27. The fraction of sp³-hybridized carbons (Fsp3) is 0.429. The van der Waals surface area contributed by atoms with Gasteiger partial charge >= 0.3 is 5.97 Å². The van der Waals surface area contributed by atoms with E-state index in [4.69, 9.17) is 9.84 Å². The lowest BCUT2D eigenvalue weighted by Gasteiger charge is -2.14. The molecule has 19 heavy (non-hydrogen) atoms. The summed E-state index contributed by atoms with van der Waals surface area (Å²) in [7, 11) is 1.30. The monoisotopic (exact) mass is 265 g/mol. The molecule has 1 amide bonds. The topological polar surface area (TPSA) is 75.6 Å². The molecular weight excluding hydrogens is 246 g/mol. The van der Waals surface area contributed by atoms with Crippen LogP contribution in [-0.2, 0) is 9.53 Å². The molecule has 0 fully saturated rings. The van der Waals surface area contributed by atoms with Crippen LogP contribution in [0.1, 0.15) is 27.0 Å². The van der Waals surface area contributed by atoms with Crippen molar-refractivity contribution in [2.75, 3.05) is 13.7 Å². The zero-order valence-corrected chi connectivity index (χ0v) is 11.6. The summed E-state index contributed by atoms with van der Waals surface area (Å²) in [6.45, 7) is 5.63. The fourth-order valence-electron chi connectivity index (χ4n) is 2.08. The number of carbonyl (C=O) groups is 2. The number of ether oxygens (including phenoxy) is 1. The van der Waals surface area contributed by atoms with Crippen LogP contribution in [0.15, 0.2) is 12.1 Å². The molecule has 1 rings (SSSR count). The molecule has 1 aromatic carbocycles. The van der Waals surface area contributed by atoms with Crippen LogP contribution in [0, 0.1) is 20.8 Å². The summed E-state index contributed by atoms with van der Waals surface area (Å²) in [6, 6.07) is 3.85. The highest BCUT2D eigenvalue weighted by Crippen LogP contribution is 2.16. The van der Waals surface area contributed by atoms with Crippen LogP contribution < -0.4 is 5.32 Å². The number of hydrogen-bond acceptors (Lipinski definition) is 3. The minimum Gasteiger partial charge on any atom is -0.479 e. The smallest absolute Gasteiger partial charge is 0.334 e. The molecule has 104 valence electrons. The molecule has 0 aliphatic heterocycles. The molecule has 1 atom stereocenters. The van der Waals surface area contributed by atoms with Crippen LogP contribution in [0.5, 0.6) is 0 Å². The first kappa shape index (κ1) is 15.2. The predicted molar refractivity (Wildman–Crippen MR) is 71.4 cm³/mol. The number of amides is 1. The molecule has 0 aliphatic rings. The van der Waals surface area contributed by atoms with Gasteiger partial charge in [-0.3, -0.25) is 4.79 Å². The number of nitrogens with one attached hydrogen (secondary N) is 1. The van der Waals surface area contributed by atoms with E-state index in [1.807, 2.05) is 32.9 Å². The van der Waals surface area contributed by atoms with Crippen molar-refractivity contribution >= 4 is 11.9 Å². The van der Waals surface area contributed by atoms with Crippen molar-refractivity contribution in [2.24, 2.45) is 0 Å². The fourth-order valence-corrected chi connectivity index (χ4v) is 2.08. The number of methoxy groups -OCH3 is 1. The standard InChI is InChI=1S/C14H19NO4/c1-8-5-9(2)12(10(3)6-8)13(16)15-7-11(19-4)14(17)18/h5-6,11H,7H2,1-4H3,(H,15,16)(H,17,18). The van der Waals surface area contributed by atoms with Crippen LogP contribution in [0.4, 0.5) is 0 Å². The summed E-state index contributed by atoms with van der Waals surface area (Å²) in [6.07, 6.45) is -1.03. The zero-order chi connectivity index (χ0) is 14.6. The van der Waals surface area contributed by atoms with Crippen molar-refractivity contribution in [1.29, 1.82) is 0 Å². The minimum absolute atomic E-state index is 0.0581. The van der Waals surface area contributed by atoms with E-state index in [1.165, 1.54) is 7.11 Å². The second kappa shape index (κ2) is 6.33. The Kier molecular flexibility index (Phi) is 5.06. The molecular formula is C14H19NO4. The first-order chi connectivity index (χ1) is 8.86. The van der Waals surface area contributed by atoms with Crippen LogP contribution >= 0.6 is 0 Å². The summed E-state index contributed by atoms with van der Waals surface area (Å²) in [5, 5.41) is 11.4. The lowest BCUT2D eigenvalue weighted by molar-refractivity contribution is -0.148. The lowest BCUT2D eigenvalue weighted by Crippen LogP contribution is -2.38. The second-order valence-electron chi connectivity index (χ2n) is 4.55. The van der Waals surface area contributed by atoms with Crippen molar-refractivity contribution in [3.63, 3.8) is 0 Å². The number of carbonyl (C=O) groups excluding carboxylic acids is 1. The van der Waals surface area contributed by atoms with E-state index in [0.29, 0.717) is 5.56 Å². The Balaban J connectivity index is 2.82. The largest absolute Gasteiger partial charge is 0.479 e. The van der Waals surface area contributed by atoms with Gasteiger partial charge in [0.2, 0.25) is 0 Å². The zero-order valence-electron chi connectivity index (χ0n) is 11.6. The van der Waals surface area contributed by atoms with Gasteiger partial charge in [-0.15, -0.1) is 0 Å². The molecule has 1 aromatic rings. The van der Waals surface area contributed by atoms with E-state index in [0.717, 1.165) is 16.7 Å². The van der Waals surface area contributed by atoms with Gasteiger partial charge in [-0.2, -0.15) is 0 Å². The molecule has 0 spiro atoms. The van der Waals surface area contributed by atoms with E-state index >= 15 is 0 Å². The van der Waals surface area contributed by atoms with Crippen molar-refractivity contribution in [3.8, 4) is 0 Å². The highest BCUT2D eigenvalue weighted by Gasteiger charge is 2.19. The van der Waals surface area contributed by atoms with Gasteiger partial charge < -0.3 is 15.2 Å². The first-order valence-electron chi connectivity index (χ1n) is 5.98. The third-order valence-electron chi connectivity index (χ3n) is 2.91. The number of benzene rings is 1. The lowest BCUT2D eigenvalue weighted by atomic mass is 9.99. The normalized spacial score (nSPS) is 12.0. The Morgan fingerprint density at radius 1 is 1.26 bits per heavy atom. The van der Waals surface area contributed by atoms with E-state index in [2.05, 4.69) is 5.32 Å². The maximum absolute atomic E-state index is 12.1. The molecule has 0 saturated carbocycles. The summed E-state index contributed by atoms with van der Waals surface area (Å²) in [4.78, 5) is 22.9. The van der Waals surface area contributed by atoms with E-state index in [1.54, 1.807) is 0 Å². The second-order valence-corrected chi connectivity index (χ2v) is 4.55. The average molecular weight is 265 g/mol. The van der Waals surface area contributed by atoms with Gasteiger partial charge in [0.25, 0.3) is 5.91 Å². The Hall–Kier alpha value is -1.88. The van der Waals surface area contributed by atoms with Crippen molar-refractivity contribution < 1.29 is 19.4 Å². The van der Waals surface area contributed by atoms with Gasteiger partial charge in [0.1, 0.15) is 0 Å². The third kappa shape index (κ3) is 3.79. The third-order valence-corrected chi connectivity index (χ3v) is 2.91. The SMILES string of the molecule is COC(CNC(=O)c1c(C)cc(C)cc1C)C(=O)O. The molecule has 5 heteroatoms. The Labute approximate surface area is 112 Å². The first-order valence-corrected chi connectivity index (χ1v) is 5.98. The minimum atomic E-state index is -1.10. The number of rotatable bonds is 5. The molecule has 0 aromatic heterocycles. The molecule has 0 aliphatic carbocycles. The molecule has 2 N–H and O–H groups in total. The number of hydrogen-bond donors (Lipinski definition) is 2. The van der Waals surface area contributed by atoms with Crippen LogP contribution in [0.2, 0.25) is 0 Å². The van der Waals surface area contributed by atoms with Crippen LogP contribution in [-0.4, -0.2) is 36.7 Å². The van der Waals surface area contributed by atoms with Gasteiger partial charge in [-0.05, 0) is 31.9 Å². The molecule has 0 radical (unpaired) electrons. The van der Waals surface area contributed by atoms with Gasteiger partial charge in [-0.25, -0.2) is 4.79 Å². The number of carboxylic acids is 1. The van der Waals surface area contributed by atoms with Crippen molar-refractivity contribution in [2.45, 2.75) is 26.9 Å². The summed E-state index contributed by atoms with van der Waals surface area (Å²) in [5.41, 5.74) is 3.43. The van der Waals surface area contributed by atoms with Gasteiger partial charge in [-0.1, -0.05) is 17.7 Å².